The van der Waals surface area contributed by atoms with E-state index in [1.54, 1.807) is 19.2 Å². The van der Waals surface area contributed by atoms with Crippen LogP contribution >= 0.6 is 15.9 Å². The van der Waals surface area contributed by atoms with Crippen molar-refractivity contribution in [3.63, 3.8) is 0 Å². The average Bonchev–Trinajstić information content (AvgIpc) is 2.42. The molecule has 0 saturated heterocycles. The molecule has 0 bridgehead atoms. The zero-order valence-corrected chi connectivity index (χ0v) is 12.6. The minimum Gasteiger partial charge on any atom is -0.385 e. The molecule has 0 aliphatic heterocycles. The fraction of sp³-hybridized carbons (Fsp3) is 0.500. The van der Waals surface area contributed by atoms with E-state index >= 15 is 0 Å². The Balaban J connectivity index is 2.06. The molecule has 0 spiro atoms. The van der Waals surface area contributed by atoms with E-state index in [0.717, 1.165) is 10.9 Å². The highest BCUT2D eigenvalue weighted by atomic mass is 79.9. The van der Waals surface area contributed by atoms with Crippen LogP contribution in [0.1, 0.15) is 16.8 Å². The van der Waals surface area contributed by atoms with Crippen molar-refractivity contribution in [2.75, 3.05) is 40.1 Å². The molecule has 1 aromatic carbocycles. The standard InChI is InChI=1S/C14H19BrO4/c1-17-7-2-8-18-9-10-19-11-14(16)12-3-5-13(15)6-4-12/h3-6H,2,7-11H2,1H3. The number of rotatable bonds is 10. The lowest BCUT2D eigenvalue weighted by molar-refractivity contribution is 0.0382. The predicted molar refractivity (Wildman–Crippen MR) is 76.6 cm³/mol. The molecular weight excluding hydrogens is 312 g/mol. The molecule has 0 aromatic heterocycles. The first-order chi connectivity index (χ1) is 9.24. The van der Waals surface area contributed by atoms with Crippen molar-refractivity contribution in [1.82, 2.24) is 0 Å². The maximum Gasteiger partial charge on any atom is 0.188 e. The Hall–Kier alpha value is -0.750. The first kappa shape index (κ1) is 16.3. The number of Topliss-reactive ketones (excluding diaryl/α,β-unsaturated/α-hetero) is 1. The highest BCUT2D eigenvalue weighted by Crippen LogP contribution is 2.10. The summed E-state index contributed by atoms with van der Waals surface area (Å²) in [6.07, 6.45) is 0.869. The highest BCUT2D eigenvalue weighted by molar-refractivity contribution is 9.10. The highest BCUT2D eigenvalue weighted by Gasteiger charge is 2.05. The maximum absolute atomic E-state index is 11.7. The van der Waals surface area contributed by atoms with Gasteiger partial charge in [0.1, 0.15) is 6.61 Å². The Morgan fingerprint density at radius 3 is 2.42 bits per heavy atom. The number of hydrogen-bond donors (Lipinski definition) is 0. The lowest BCUT2D eigenvalue weighted by atomic mass is 10.1. The molecule has 0 saturated carbocycles. The van der Waals surface area contributed by atoms with Gasteiger partial charge >= 0.3 is 0 Å². The van der Waals surface area contributed by atoms with Crippen LogP contribution in [0, 0.1) is 0 Å². The number of benzene rings is 1. The van der Waals surface area contributed by atoms with Crippen molar-refractivity contribution >= 4 is 21.7 Å². The van der Waals surface area contributed by atoms with Crippen molar-refractivity contribution in [3.05, 3.63) is 34.3 Å². The van der Waals surface area contributed by atoms with E-state index in [0.29, 0.717) is 32.0 Å². The molecule has 1 rings (SSSR count). The Kier molecular flexibility index (Phi) is 8.66. The van der Waals surface area contributed by atoms with Gasteiger partial charge < -0.3 is 14.2 Å². The van der Waals surface area contributed by atoms with Gasteiger partial charge in [-0.1, -0.05) is 28.1 Å². The largest absolute Gasteiger partial charge is 0.385 e. The van der Waals surface area contributed by atoms with E-state index in [1.807, 2.05) is 12.1 Å². The van der Waals surface area contributed by atoms with E-state index in [-0.39, 0.29) is 12.4 Å². The molecule has 0 heterocycles. The molecule has 0 aliphatic carbocycles. The van der Waals surface area contributed by atoms with Crippen molar-refractivity contribution in [1.29, 1.82) is 0 Å². The van der Waals surface area contributed by atoms with Crippen LogP contribution in [0.15, 0.2) is 28.7 Å². The summed E-state index contributed by atoms with van der Waals surface area (Å²) >= 11 is 3.33. The third kappa shape index (κ3) is 7.42. The van der Waals surface area contributed by atoms with Crippen molar-refractivity contribution < 1.29 is 19.0 Å². The molecule has 0 fully saturated rings. The molecular formula is C14H19BrO4. The third-order valence-corrected chi connectivity index (χ3v) is 2.94. The van der Waals surface area contributed by atoms with Crippen LogP contribution in [-0.4, -0.2) is 45.9 Å². The molecule has 4 nitrogen and oxygen atoms in total. The maximum atomic E-state index is 11.7. The quantitative estimate of drug-likeness (QED) is 0.488. The summed E-state index contributed by atoms with van der Waals surface area (Å²) in [5.74, 6) is -0.0214. The van der Waals surface area contributed by atoms with Gasteiger partial charge in [0.05, 0.1) is 13.2 Å². The van der Waals surface area contributed by atoms with Gasteiger partial charge in [-0.2, -0.15) is 0 Å². The summed E-state index contributed by atoms with van der Waals surface area (Å²) in [5, 5.41) is 0. The van der Waals surface area contributed by atoms with Crippen molar-refractivity contribution in [2.45, 2.75) is 6.42 Å². The van der Waals surface area contributed by atoms with Crippen LogP contribution in [0.25, 0.3) is 0 Å². The van der Waals surface area contributed by atoms with Gasteiger partial charge in [0.25, 0.3) is 0 Å². The number of ether oxygens (including phenoxy) is 3. The first-order valence-corrected chi connectivity index (χ1v) is 6.96. The molecule has 0 aliphatic rings. The van der Waals surface area contributed by atoms with E-state index in [2.05, 4.69) is 15.9 Å². The first-order valence-electron chi connectivity index (χ1n) is 6.17. The normalized spacial score (nSPS) is 10.6. The Morgan fingerprint density at radius 2 is 1.74 bits per heavy atom. The number of hydrogen-bond acceptors (Lipinski definition) is 4. The van der Waals surface area contributed by atoms with Crippen LogP contribution in [0.3, 0.4) is 0 Å². The summed E-state index contributed by atoms with van der Waals surface area (Å²) in [5.41, 5.74) is 0.657. The zero-order chi connectivity index (χ0) is 13.9. The smallest absolute Gasteiger partial charge is 0.188 e. The Morgan fingerprint density at radius 1 is 1.05 bits per heavy atom. The second-order valence-electron chi connectivity index (χ2n) is 3.94. The van der Waals surface area contributed by atoms with Gasteiger partial charge in [-0.25, -0.2) is 0 Å². The summed E-state index contributed by atoms with van der Waals surface area (Å²) in [6.45, 7) is 2.36. The minimum atomic E-state index is -0.0214. The monoisotopic (exact) mass is 330 g/mol. The summed E-state index contributed by atoms with van der Waals surface area (Å²) in [7, 11) is 1.66. The van der Waals surface area contributed by atoms with Crippen molar-refractivity contribution in [2.24, 2.45) is 0 Å². The van der Waals surface area contributed by atoms with Gasteiger partial charge in [-0.15, -0.1) is 0 Å². The molecule has 0 radical (unpaired) electrons. The van der Waals surface area contributed by atoms with Gasteiger partial charge in [0, 0.05) is 30.4 Å². The number of carbonyl (C=O) groups is 1. The molecule has 5 heteroatoms. The number of ketones is 1. The lowest BCUT2D eigenvalue weighted by Gasteiger charge is -2.05. The van der Waals surface area contributed by atoms with Gasteiger partial charge in [0.2, 0.25) is 0 Å². The van der Waals surface area contributed by atoms with Gasteiger partial charge in [-0.3, -0.25) is 4.79 Å². The molecule has 106 valence electrons. The molecule has 0 unspecified atom stereocenters. The SMILES string of the molecule is COCCCOCCOCC(=O)c1ccc(Br)cc1. The molecule has 0 atom stereocenters. The Bertz CT molecular complexity index is 364. The molecule has 1 aromatic rings. The fourth-order valence-electron chi connectivity index (χ4n) is 1.41. The summed E-state index contributed by atoms with van der Waals surface area (Å²) < 4.78 is 16.4. The lowest BCUT2D eigenvalue weighted by Crippen LogP contribution is -2.13. The number of carbonyl (C=O) groups excluding carboxylic acids is 1. The van der Waals surface area contributed by atoms with E-state index < -0.39 is 0 Å². The second-order valence-corrected chi connectivity index (χ2v) is 4.86. The third-order valence-electron chi connectivity index (χ3n) is 2.41. The minimum absolute atomic E-state index is 0.0214. The molecule has 0 amide bonds. The Labute approximate surface area is 122 Å². The van der Waals surface area contributed by atoms with E-state index in [9.17, 15) is 4.79 Å². The zero-order valence-electron chi connectivity index (χ0n) is 11.1. The molecule has 19 heavy (non-hydrogen) atoms. The fourth-order valence-corrected chi connectivity index (χ4v) is 1.67. The van der Waals surface area contributed by atoms with Gasteiger partial charge in [-0.05, 0) is 18.6 Å². The van der Waals surface area contributed by atoms with Crippen LogP contribution in [-0.2, 0) is 14.2 Å². The number of methoxy groups -OCH3 is 1. The van der Waals surface area contributed by atoms with E-state index in [1.165, 1.54) is 0 Å². The molecule has 0 N–H and O–H groups in total. The van der Waals surface area contributed by atoms with Crippen molar-refractivity contribution in [3.8, 4) is 0 Å². The number of halogens is 1. The average molecular weight is 331 g/mol. The second kappa shape index (κ2) is 10.1. The van der Waals surface area contributed by atoms with Crippen LogP contribution in [0.5, 0.6) is 0 Å². The van der Waals surface area contributed by atoms with Crippen LogP contribution in [0.2, 0.25) is 0 Å². The topological polar surface area (TPSA) is 44.8 Å². The summed E-state index contributed by atoms with van der Waals surface area (Å²) in [6, 6.07) is 7.23. The van der Waals surface area contributed by atoms with Crippen LogP contribution in [0.4, 0.5) is 0 Å². The van der Waals surface area contributed by atoms with E-state index in [4.69, 9.17) is 14.2 Å². The van der Waals surface area contributed by atoms with Gasteiger partial charge in [0.15, 0.2) is 5.78 Å². The predicted octanol–water partition coefficient (Wildman–Crippen LogP) is 2.70. The van der Waals surface area contributed by atoms with Crippen LogP contribution < -0.4 is 0 Å². The summed E-state index contributed by atoms with van der Waals surface area (Å²) in [4.78, 5) is 11.7.